The number of aryl methyl sites for hydroxylation is 2. The van der Waals surface area contributed by atoms with Gasteiger partial charge in [-0.15, -0.1) is 0 Å². The van der Waals surface area contributed by atoms with Crippen LogP contribution >= 0.6 is 11.8 Å². The van der Waals surface area contributed by atoms with E-state index in [9.17, 15) is 24.6 Å². The van der Waals surface area contributed by atoms with E-state index in [1.54, 1.807) is 26.2 Å². The van der Waals surface area contributed by atoms with Crippen molar-refractivity contribution in [2.75, 3.05) is 12.0 Å². The summed E-state index contributed by atoms with van der Waals surface area (Å²) in [5.41, 5.74) is 0.769. The van der Waals surface area contributed by atoms with Crippen molar-refractivity contribution in [1.29, 1.82) is 0 Å². The molecular weight excluding hydrogens is 346 g/mol. The van der Waals surface area contributed by atoms with Gasteiger partial charge < -0.3 is 24.7 Å². The molecule has 25 heavy (non-hydrogen) atoms. The molecule has 0 radical (unpaired) electrons. The molecule has 0 fully saturated rings. The molecule has 7 nitrogen and oxygen atoms in total. The molecule has 2 aromatic rings. The largest absolute Gasteiger partial charge is 0.548 e. The number of phenols is 1. The highest BCUT2D eigenvalue weighted by atomic mass is 32.2. The topological polar surface area (TPSA) is 120 Å². The molecule has 134 valence electrons. The zero-order valence-corrected chi connectivity index (χ0v) is 14.9. The van der Waals surface area contributed by atoms with Crippen molar-refractivity contribution >= 4 is 34.6 Å². The van der Waals surface area contributed by atoms with Gasteiger partial charge in [-0.05, 0) is 43.4 Å². The van der Waals surface area contributed by atoms with Crippen LogP contribution in [0.2, 0.25) is 0 Å². The van der Waals surface area contributed by atoms with Crippen molar-refractivity contribution < 1.29 is 24.2 Å². The first-order chi connectivity index (χ1) is 11.7. The Balaban J connectivity index is 2.37. The molecule has 1 aromatic heterocycles. The second kappa shape index (κ2) is 7.60. The van der Waals surface area contributed by atoms with Crippen LogP contribution in [0.1, 0.15) is 16.7 Å². The van der Waals surface area contributed by atoms with Gasteiger partial charge in [0, 0.05) is 5.75 Å². The summed E-state index contributed by atoms with van der Waals surface area (Å²) in [5.74, 6) is -1.92. The maximum atomic E-state index is 12.2. The van der Waals surface area contributed by atoms with E-state index in [0.717, 1.165) is 5.56 Å². The van der Waals surface area contributed by atoms with Gasteiger partial charge in [0.25, 0.3) is 0 Å². The number of hydrogen-bond donors (Lipinski definition) is 2. The van der Waals surface area contributed by atoms with Gasteiger partial charge in [0.05, 0.1) is 29.4 Å². The van der Waals surface area contributed by atoms with Gasteiger partial charge in [-0.1, -0.05) is 0 Å². The Morgan fingerprint density at radius 3 is 2.64 bits per heavy atom. The second-order valence-electron chi connectivity index (χ2n) is 5.72. The Morgan fingerprint density at radius 2 is 2.04 bits per heavy atom. The molecule has 0 aliphatic rings. The van der Waals surface area contributed by atoms with Crippen LogP contribution in [0.5, 0.6) is 5.75 Å². The Hall–Kier alpha value is -2.48. The third-order valence-electron chi connectivity index (χ3n) is 3.79. The number of carboxylic acids is 1. The zero-order chi connectivity index (χ0) is 18.7. The van der Waals surface area contributed by atoms with Crippen molar-refractivity contribution in [3.63, 3.8) is 0 Å². The minimum Gasteiger partial charge on any atom is -0.548 e. The van der Waals surface area contributed by atoms with E-state index in [0.29, 0.717) is 10.9 Å². The summed E-state index contributed by atoms with van der Waals surface area (Å²) >= 11 is 1.25. The molecule has 0 aliphatic heterocycles. The molecule has 2 N–H and O–H groups in total. The van der Waals surface area contributed by atoms with Crippen molar-refractivity contribution in [1.82, 2.24) is 5.32 Å². The third-order valence-corrected chi connectivity index (χ3v) is 4.46. The minimum atomic E-state index is -1.39. The number of aromatic hydroxyl groups is 1. The number of thioether (sulfide) groups is 1. The summed E-state index contributed by atoms with van der Waals surface area (Å²) in [7, 11) is 0. The Bertz CT molecular complexity index is 889. The molecule has 1 amide bonds. The van der Waals surface area contributed by atoms with E-state index in [2.05, 4.69) is 5.32 Å². The number of phenolic OH excluding ortho intramolecular Hbond substituents is 1. The van der Waals surface area contributed by atoms with E-state index in [1.165, 1.54) is 17.8 Å². The normalized spacial score (nSPS) is 12.1. The van der Waals surface area contributed by atoms with Gasteiger partial charge >= 0.3 is 5.63 Å². The number of fused-ring (bicyclic) bond motifs is 1. The van der Waals surface area contributed by atoms with Crippen molar-refractivity contribution in [3.8, 4) is 5.75 Å². The number of carbonyl (C=O) groups excluding carboxylic acids is 2. The summed E-state index contributed by atoms with van der Waals surface area (Å²) in [6.45, 7) is 3.36. The van der Waals surface area contributed by atoms with Gasteiger partial charge in [0.2, 0.25) is 5.91 Å². The number of benzene rings is 1. The SMILES string of the molecule is CSC[C@H](NC(=O)Cc1c(C)c2c(O)cc(C)cc2oc1=O)C(=O)[O-]. The highest BCUT2D eigenvalue weighted by molar-refractivity contribution is 7.98. The lowest BCUT2D eigenvalue weighted by atomic mass is 10.0. The fourth-order valence-electron chi connectivity index (χ4n) is 2.60. The number of hydrogen-bond acceptors (Lipinski definition) is 7. The van der Waals surface area contributed by atoms with Crippen LogP contribution in [0.3, 0.4) is 0 Å². The maximum Gasteiger partial charge on any atom is 0.340 e. The zero-order valence-electron chi connectivity index (χ0n) is 14.0. The monoisotopic (exact) mass is 364 g/mol. The Kier molecular flexibility index (Phi) is 5.73. The van der Waals surface area contributed by atoms with E-state index in [-0.39, 0.29) is 29.1 Å². The molecule has 0 saturated carbocycles. The average molecular weight is 364 g/mol. The van der Waals surface area contributed by atoms with Crippen LogP contribution in [0.15, 0.2) is 21.3 Å². The lowest BCUT2D eigenvalue weighted by Gasteiger charge is -2.18. The molecule has 0 spiro atoms. The number of nitrogens with one attached hydrogen (secondary N) is 1. The van der Waals surface area contributed by atoms with E-state index in [1.807, 2.05) is 0 Å². The van der Waals surface area contributed by atoms with Crippen LogP contribution < -0.4 is 16.0 Å². The van der Waals surface area contributed by atoms with E-state index in [4.69, 9.17) is 4.42 Å². The number of aliphatic carboxylic acids is 1. The van der Waals surface area contributed by atoms with Crippen LogP contribution in [0, 0.1) is 13.8 Å². The van der Waals surface area contributed by atoms with Crippen LogP contribution in [-0.2, 0) is 16.0 Å². The Morgan fingerprint density at radius 1 is 1.36 bits per heavy atom. The first kappa shape index (κ1) is 18.9. The number of carboxylic acid groups (broad SMARTS) is 1. The smallest absolute Gasteiger partial charge is 0.340 e. The summed E-state index contributed by atoms with van der Waals surface area (Å²) in [6, 6.07) is 2.01. The lowest BCUT2D eigenvalue weighted by Crippen LogP contribution is -2.50. The van der Waals surface area contributed by atoms with Crippen molar-refractivity contribution in [2.24, 2.45) is 0 Å². The summed E-state index contributed by atoms with van der Waals surface area (Å²) in [4.78, 5) is 35.3. The molecule has 2 rings (SSSR count). The van der Waals surface area contributed by atoms with Gasteiger partial charge in [-0.25, -0.2) is 4.79 Å². The number of rotatable bonds is 6. The summed E-state index contributed by atoms with van der Waals surface area (Å²) in [6.07, 6.45) is 1.35. The molecule has 0 unspecified atom stereocenters. The fraction of sp³-hybridized carbons (Fsp3) is 0.353. The van der Waals surface area contributed by atoms with E-state index >= 15 is 0 Å². The second-order valence-corrected chi connectivity index (χ2v) is 6.63. The van der Waals surface area contributed by atoms with Gasteiger partial charge in [-0.3, -0.25) is 4.79 Å². The number of carbonyl (C=O) groups is 2. The maximum absolute atomic E-state index is 12.2. The fourth-order valence-corrected chi connectivity index (χ4v) is 3.16. The standard InChI is InChI=1S/C17H19NO6S/c1-8-4-12(19)15-9(2)10(17(23)24-13(15)5-8)6-14(20)18-11(7-25-3)16(21)22/h4-5,11,19H,6-7H2,1-3H3,(H,18,20)(H,21,22)/p-1/t11-/m0/s1. The first-order valence-electron chi connectivity index (χ1n) is 7.49. The van der Waals surface area contributed by atoms with Gasteiger partial charge in [0.1, 0.15) is 11.3 Å². The molecule has 1 heterocycles. The van der Waals surface area contributed by atoms with Crippen LogP contribution in [0.25, 0.3) is 11.0 Å². The highest BCUT2D eigenvalue weighted by Crippen LogP contribution is 2.29. The van der Waals surface area contributed by atoms with Crippen LogP contribution in [0.4, 0.5) is 0 Å². The van der Waals surface area contributed by atoms with Crippen molar-refractivity contribution in [2.45, 2.75) is 26.3 Å². The summed E-state index contributed by atoms with van der Waals surface area (Å²) in [5, 5.41) is 23.8. The predicted molar refractivity (Wildman–Crippen MR) is 92.6 cm³/mol. The molecule has 0 bridgehead atoms. The molecular formula is C17H18NO6S-. The van der Waals surface area contributed by atoms with E-state index < -0.39 is 23.5 Å². The number of amides is 1. The van der Waals surface area contributed by atoms with Crippen LogP contribution in [-0.4, -0.2) is 35.0 Å². The predicted octanol–water partition coefficient (Wildman–Crippen LogP) is 0.256. The third kappa shape index (κ3) is 4.14. The molecule has 0 aliphatic carbocycles. The van der Waals surface area contributed by atoms with Gasteiger partial charge in [-0.2, -0.15) is 11.8 Å². The average Bonchev–Trinajstić information content (AvgIpc) is 2.49. The van der Waals surface area contributed by atoms with Gasteiger partial charge in [0.15, 0.2) is 0 Å². The minimum absolute atomic E-state index is 0.0482. The molecule has 0 saturated heterocycles. The Labute approximate surface area is 148 Å². The lowest BCUT2D eigenvalue weighted by molar-refractivity contribution is -0.307. The molecule has 8 heteroatoms. The quantitative estimate of drug-likeness (QED) is 0.705. The highest BCUT2D eigenvalue weighted by Gasteiger charge is 2.19. The summed E-state index contributed by atoms with van der Waals surface area (Å²) < 4.78 is 5.21. The van der Waals surface area contributed by atoms with Crippen molar-refractivity contribution in [3.05, 3.63) is 39.2 Å². The molecule has 1 aromatic carbocycles. The first-order valence-corrected chi connectivity index (χ1v) is 8.89. The molecule has 1 atom stereocenters.